The van der Waals surface area contributed by atoms with Crippen LogP contribution < -0.4 is 5.32 Å². The summed E-state index contributed by atoms with van der Waals surface area (Å²) in [6, 6.07) is 3.91. The SMILES string of the molecule is Cc1cccnc1CNC(=O)N1CCCO[C@H](CN2CCCC2)C1. The lowest BCUT2D eigenvalue weighted by Crippen LogP contribution is -2.45. The van der Waals surface area contributed by atoms with Gasteiger partial charge >= 0.3 is 6.03 Å². The van der Waals surface area contributed by atoms with Gasteiger partial charge in [-0.25, -0.2) is 4.79 Å². The average molecular weight is 332 g/mol. The highest BCUT2D eigenvalue weighted by Gasteiger charge is 2.25. The number of carbonyl (C=O) groups excluding carboxylic acids is 1. The molecule has 0 unspecified atom stereocenters. The van der Waals surface area contributed by atoms with Crippen LogP contribution in [-0.4, -0.2) is 66.2 Å². The van der Waals surface area contributed by atoms with Crippen LogP contribution in [0.25, 0.3) is 0 Å². The van der Waals surface area contributed by atoms with Crippen molar-refractivity contribution in [3.8, 4) is 0 Å². The van der Waals surface area contributed by atoms with Gasteiger partial charge in [-0.2, -0.15) is 0 Å². The molecule has 2 aliphatic heterocycles. The summed E-state index contributed by atoms with van der Waals surface area (Å²) in [7, 11) is 0. The zero-order valence-electron chi connectivity index (χ0n) is 14.5. The molecule has 1 aromatic rings. The molecule has 3 heterocycles. The second-order valence-corrected chi connectivity index (χ2v) is 6.73. The molecule has 6 heteroatoms. The molecule has 2 aliphatic rings. The van der Waals surface area contributed by atoms with Crippen LogP contribution in [0.1, 0.15) is 30.5 Å². The smallest absolute Gasteiger partial charge is 0.317 e. The maximum Gasteiger partial charge on any atom is 0.317 e. The highest BCUT2D eigenvalue weighted by atomic mass is 16.5. The third kappa shape index (κ3) is 4.68. The number of ether oxygens (including phenoxy) is 1. The van der Waals surface area contributed by atoms with Crippen molar-refractivity contribution in [2.24, 2.45) is 0 Å². The van der Waals surface area contributed by atoms with Gasteiger partial charge in [0.2, 0.25) is 0 Å². The molecular formula is C18H28N4O2. The minimum absolute atomic E-state index is 0.0167. The molecule has 2 saturated heterocycles. The highest BCUT2D eigenvalue weighted by Crippen LogP contribution is 2.13. The van der Waals surface area contributed by atoms with Crippen LogP contribution in [0.4, 0.5) is 4.79 Å². The first-order valence-corrected chi connectivity index (χ1v) is 8.99. The number of rotatable bonds is 4. The number of pyridine rings is 1. The molecular weight excluding hydrogens is 304 g/mol. The molecule has 2 amide bonds. The largest absolute Gasteiger partial charge is 0.375 e. The molecule has 24 heavy (non-hydrogen) atoms. The number of nitrogens with zero attached hydrogens (tertiary/aromatic N) is 3. The molecule has 0 radical (unpaired) electrons. The summed E-state index contributed by atoms with van der Waals surface area (Å²) >= 11 is 0. The van der Waals surface area contributed by atoms with E-state index in [1.54, 1.807) is 6.20 Å². The Balaban J connectivity index is 1.51. The molecule has 3 rings (SSSR count). The fourth-order valence-corrected chi connectivity index (χ4v) is 3.42. The molecule has 6 nitrogen and oxygen atoms in total. The van der Waals surface area contributed by atoms with Gasteiger partial charge < -0.3 is 19.9 Å². The Labute approximate surface area is 144 Å². The lowest BCUT2D eigenvalue weighted by atomic mass is 10.2. The van der Waals surface area contributed by atoms with E-state index in [4.69, 9.17) is 4.74 Å². The van der Waals surface area contributed by atoms with E-state index in [-0.39, 0.29) is 12.1 Å². The number of likely N-dealkylation sites (tertiary alicyclic amines) is 1. The number of urea groups is 1. The van der Waals surface area contributed by atoms with Gasteiger partial charge in [0.05, 0.1) is 18.3 Å². The van der Waals surface area contributed by atoms with Gasteiger partial charge in [-0.3, -0.25) is 4.98 Å². The summed E-state index contributed by atoms with van der Waals surface area (Å²) in [5, 5.41) is 3.01. The highest BCUT2D eigenvalue weighted by molar-refractivity contribution is 5.74. The summed E-state index contributed by atoms with van der Waals surface area (Å²) in [4.78, 5) is 21.2. The number of nitrogens with one attached hydrogen (secondary N) is 1. The molecule has 0 saturated carbocycles. The second kappa shape index (κ2) is 8.44. The summed E-state index contributed by atoms with van der Waals surface area (Å²) in [6.45, 7) is 7.90. The van der Waals surface area contributed by atoms with E-state index in [1.165, 1.54) is 12.8 Å². The van der Waals surface area contributed by atoms with Crippen LogP contribution in [0, 0.1) is 6.92 Å². The summed E-state index contributed by atoms with van der Waals surface area (Å²) in [5.41, 5.74) is 2.02. The number of aromatic nitrogens is 1. The quantitative estimate of drug-likeness (QED) is 0.913. The van der Waals surface area contributed by atoms with Gasteiger partial charge in [0, 0.05) is 32.4 Å². The van der Waals surface area contributed by atoms with E-state index in [9.17, 15) is 4.79 Å². The van der Waals surface area contributed by atoms with Gasteiger partial charge in [0.25, 0.3) is 0 Å². The first kappa shape index (κ1) is 17.2. The van der Waals surface area contributed by atoms with Crippen molar-refractivity contribution in [2.75, 3.05) is 39.3 Å². The second-order valence-electron chi connectivity index (χ2n) is 6.73. The molecule has 2 fully saturated rings. The number of hydrogen-bond acceptors (Lipinski definition) is 4. The third-order valence-electron chi connectivity index (χ3n) is 4.82. The first-order valence-electron chi connectivity index (χ1n) is 8.99. The van der Waals surface area contributed by atoms with Crippen LogP contribution in [-0.2, 0) is 11.3 Å². The van der Waals surface area contributed by atoms with Crippen molar-refractivity contribution in [2.45, 2.75) is 38.8 Å². The van der Waals surface area contributed by atoms with E-state index in [1.807, 2.05) is 24.0 Å². The van der Waals surface area contributed by atoms with Crippen LogP contribution in [0.15, 0.2) is 18.3 Å². The predicted molar refractivity (Wildman–Crippen MR) is 92.8 cm³/mol. The standard InChI is InChI=1S/C18H28N4O2/c1-15-6-4-7-19-17(15)12-20-18(23)22-10-5-11-24-16(14-22)13-21-8-2-3-9-21/h4,6-7,16H,2-3,5,8-14H2,1H3,(H,20,23)/t16-/m1/s1. The van der Waals surface area contributed by atoms with Crippen LogP contribution in [0.5, 0.6) is 0 Å². The van der Waals surface area contributed by atoms with E-state index >= 15 is 0 Å². The number of amides is 2. The van der Waals surface area contributed by atoms with Crippen molar-refractivity contribution in [1.29, 1.82) is 0 Å². The predicted octanol–water partition coefficient (Wildman–Crippen LogP) is 1.79. The van der Waals surface area contributed by atoms with E-state index in [0.29, 0.717) is 13.1 Å². The Kier molecular flexibility index (Phi) is 6.04. The van der Waals surface area contributed by atoms with Crippen LogP contribution in [0.3, 0.4) is 0 Å². The Morgan fingerprint density at radius 3 is 2.96 bits per heavy atom. The summed E-state index contributed by atoms with van der Waals surface area (Å²) in [6.07, 6.45) is 5.33. The molecule has 132 valence electrons. The van der Waals surface area contributed by atoms with Gasteiger partial charge in [-0.1, -0.05) is 6.07 Å². The minimum atomic E-state index is -0.0167. The van der Waals surface area contributed by atoms with Crippen molar-refractivity contribution in [3.63, 3.8) is 0 Å². The van der Waals surface area contributed by atoms with E-state index < -0.39 is 0 Å². The molecule has 1 atom stereocenters. The summed E-state index contributed by atoms with van der Waals surface area (Å²) < 4.78 is 5.95. The number of aryl methyl sites for hydroxylation is 1. The Hall–Kier alpha value is -1.66. The molecule has 1 N–H and O–H groups in total. The fraction of sp³-hybridized carbons (Fsp3) is 0.667. The van der Waals surface area contributed by atoms with Crippen molar-refractivity contribution >= 4 is 6.03 Å². The van der Waals surface area contributed by atoms with Crippen molar-refractivity contribution in [1.82, 2.24) is 20.1 Å². The zero-order chi connectivity index (χ0) is 16.8. The first-order chi connectivity index (χ1) is 11.7. The lowest BCUT2D eigenvalue weighted by molar-refractivity contribution is 0.0349. The third-order valence-corrected chi connectivity index (χ3v) is 4.82. The molecule has 0 spiro atoms. The average Bonchev–Trinajstić information content (AvgIpc) is 2.98. The Morgan fingerprint density at radius 1 is 1.33 bits per heavy atom. The maximum atomic E-state index is 12.5. The van der Waals surface area contributed by atoms with Crippen molar-refractivity contribution in [3.05, 3.63) is 29.6 Å². The summed E-state index contributed by atoms with van der Waals surface area (Å²) in [5.74, 6) is 0. The van der Waals surface area contributed by atoms with Gasteiger partial charge in [-0.05, 0) is 50.9 Å². The van der Waals surface area contributed by atoms with Gasteiger partial charge in [0.15, 0.2) is 0 Å². The van der Waals surface area contributed by atoms with Crippen LogP contribution >= 0.6 is 0 Å². The zero-order valence-corrected chi connectivity index (χ0v) is 14.5. The van der Waals surface area contributed by atoms with Crippen molar-refractivity contribution < 1.29 is 9.53 Å². The topological polar surface area (TPSA) is 57.7 Å². The van der Waals surface area contributed by atoms with E-state index in [2.05, 4.69) is 15.2 Å². The Bertz CT molecular complexity index is 546. The normalized spacial score (nSPS) is 22.4. The minimum Gasteiger partial charge on any atom is -0.375 e. The van der Waals surface area contributed by atoms with E-state index in [0.717, 1.165) is 50.5 Å². The van der Waals surface area contributed by atoms with Gasteiger partial charge in [-0.15, -0.1) is 0 Å². The number of hydrogen-bond donors (Lipinski definition) is 1. The molecule has 0 bridgehead atoms. The number of carbonyl (C=O) groups is 1. The maximum absolute atomic E-state index is 12.5. The molecule has 1 aromatic heterocycles. The molecule has 0 aromatic carbocycles. The Morgan fingerprint density at radius 2 is 2.17 bits per heavy atom. The van der Waals surface area contributed by atoms with Crippen LogP contribution in [0.2, 0.25) is 0 Å². The lowest BCUT2D eigenvalue weighted by Gasteiger charge is -2.27. The fourth-order valence-electron chi connectivity index (χ4n) is 3.42. The molecule has 0 aliphatic carbocycles. The monoisotopic (exact) mass is 332 g/mol. The van der Waals surface area contributed by atoms with Gasteiger partial charge in [0.1, 0.15) is 0 Å².